The first kappa shape index (κ1) is 14.6. The molecule has 0 spiro atoms. The number of carbonyl (C=O) groups excluding carboxylic acids is 1. The molecule has 116 valence electrons. The number of amides is 2. The van der Waals surface area contributed by atoms with E-state index in [4.69, 9.17) is 9.26 Å². The molecule has 1 heterocycles. The van der Waals surface area contributed by atoms with Gasteiger partial charge >= 0.3 is 6.03 Å². The number of hydrogen-bond donors (Lipinski definition) is 2. The summed E-state index contributed by atoms with van der Waals surface area (Å²) < 4.78 is 10.5. The van der Waals surface area contributed by atoms with Gasteiger partial charge in [-0.05, 0) is 29.8 Å². The summed E-state index contributed by atoms with van der Waals surface area (Å²) in [4.78, 5) is 11.7. The van der Waals surface area contributed by atoms with E-state index in [2.05, 4.69) is 15.8 Å². The van der Waals surface area contributed by atoms with Crippen molar-refractivity contribution in [3.05, 3.63) is 72.4 Å². The van der Waals surface area contributed by atoms with Gasteiger partial charge in [-0.25, -0.2) is 4.79 Å². The molecule has 0 atom stereocenters. The van der Waals surface area contributed by atoms with Gasteiger partial charge in [0.05, 0.1) is 6.20 Å². The lowest BCUT2D eigenvalue weighted by Crippen LogP contribution is -2.18. The van der Waals surface area contributed by atoms with Crippen LogP contribution in [0.25, 0.3) is 0 Å². The lowest BCUT2D eigenvalue weighted by atomic mass is 10.2. The van der Waals surface area contributed by atoms with E-state index >= 15 is 0 Å². The molecule has 3 rings (SSSR count). The smallest absolute Gasteiger partial charge is 0.326 e. The van der Waals surface area contributed by atoms with Crippen LogP contribution in [-0.2, 0) is 6.61 Å². The van der Waals surface area contributed by atoms with Gasteiger partial charge in [0.1, 0.15) is 12.4 Å². The zero-order valence-corrected chi connectivity index (χ0v) is 12.2. The maximum atomic E-state index is 11.7. The van der Waals surface area contributed by atoms with Crippen molar-refractivity contribution in [1.82, 2.24) is 5.16 Å². The third-order valence-electron chi connectivity index (χ3n) is 3.04. The predicted molar refractivity (Wildman–Crippen MR) is 86.4 cm³/mol. The van der Waals surface area contributed by atoms with Crippen molar-refractivity contribution in [2.75, 3.05) is 10.6 Å². The molecule has 0 aliphatic rings. The molecule has 23 heavy (non-hydrogen) atoms. The molecule has 2 N–H and O–H groups in total. The highest BCUT2D eigenvalue weighted by molar-refractivity contribution is 5.98. The molecular formula is C17H15N3O3. The number of ether oxygens (including phenoxy) is 1. The van der Waals surface area contributed by atoms with Crippen molar-refractivity contribution < 1.29 is 14.1 Å². The molecule has 0 unspecified atom stereocenters. The number of rotatable bonds is 5. The van der Waals surface area contributed by atoms with Gasteiger partial charge in [-0.15, -0.1) is 0 Å². The van der Waals surface area contributed by atoms with Gasteiger partial charge < -0.3 is 14.6 Å². The first-order valence-electron chi connectivity index (χ1n) is 7.05. The van der Waals surface area contributed by atoms with Crippen LogP contribution in [0.2, 0.25) is 0 Å². The Kier molecular flexibility index (Phi) is 4.54. The van der Waals surface area contributed by atoms with Gasteiger partial charge in [0.25, 0.3) is 0 Å². The minimum atomic E-state index is -0.403. The fourth-order valence-electron chi connectivity index (χ4n) is 1.93. The van der Waals surface area contributed by atoms with E-state index < -0.39 is 6.03 Å². The highest BCUT2D eigenvalue weighted by atomic mass is 16.5. The van der Waals surface area contributed by atoms with E-state index in [1.807, 2.05) is 30.3 Å². The molecule has 0 bridgehead atoms. The predicted octanol–water partition coefficient (Wildman–Crippen LogP) is 3.90. The molecule has 0 aliphatic heterocycles. The second-order valence-electron chi connectivity index (χ2n) is 4.75. The quantitative estimate of drug-likeness (QED) is 0.749. The molecule has 2 aromatic carbocycles. The van der Waals surface area contributed by atoms with Crippen molar-refractivity contribution in [2.45, 2.75) is 6.61 Å². The van der Waals surface area contributed by atoms with Crippen molar-refractivity contribution in [3.8, 4) is 5.75 Å². The number of nitrogens with zero attached hydrogens (tertiary/aromatic N) is 1. The Morgan fingerprint density at radius 2 is 1.78 bits per heavy atom. The molecule has 0 fully saturated rings. The molecular weight excluding hydrogens is 294 g/mol. The van der Waals surface area contributed by atoms with Gasteiger partial charge in [0.15, 0.2) is 0 Å². The molecule has 0 saturated heterocycles. The summed E-state index contributed by atoms with van der Waals surface area (Å²) in [5.74, 6) is 1.01. The Balaban J connectivity index is 1.51. The van der Waals surface area contributed by atoms with Crippen LogP contribution in [0.3, 0.4) is 0 Å². The average molecular weight is 309 g/mol. The Morgan fingerprint density at radius 1 is 1.00 bits per heavy atom. The molecule has 0 saturated carbocycles. The van der Waals surface area contributed by atoms with E-state index in [0.717, 1.165) is 11.3 Å². The van der Waals surface area contributed by atoms with Crippen LogP contribution in [0, 0.1) is 0 Å². The van der Waals surface area contributed by atoms with Crippen LogP contribution < -0.4 is 15.4 Å². The van der Waals surface area contributed by atoms with E-state index in [1.54, 1.807) is 30.3 Å². The third kappa shape index (κ3) is 4.34. The first-order valence-corrected chi connectivity index (χ1v) is 7.05. The summed E-state index contributed by atoms with van der Waals surface area (Å²) in [6, 6.07) is 18.2. The highest BCUT2D eigenvalue weighted by Gasteiger charge is 2.05. The summed E-state index contributed by atoms with van der Waals surface area (Å²) >= 11 is 0. The Bertz CT molecular complexity index is 741. The lowest BCUT2D eigenvalue weighted by Gasteiger charge is -2.08. The average Bonchev–Trinajstić information content (AvgIpc) is 3.08. The van der Waals surface area contributed by atoms with Crippen LogP contribution in [0.5, 0.6) is 5.75 Å². The second-order valence-corrected chi connectivity index (χ2v) is 4.75. The number of aromatic nitrogens is 1. The number of nitrogens with one attached hydrogen (secondary N) is 2. The van der Waals surface area contributed by atoms with Crippen LogP contribution >= 0.6 is 0 Å². The second kappa shape index (κ2) is 7.13. The molecule has 0 aliphatic carbocycles. The largest absolute Gasteiger partial charge is 0.489 e. The summed E-state index contributed by atoms with van der Waals surface area (Å²) in [7, 11) is 0. The van der Waals surface area contributed by atoms with Gasteiger partial charge in [-0.1, -0.05) is 35.5 Å². The van der Waals surface area contributed by atoms with E-state index in [0.29, 0.717) is 12.3 Å². The van der Waals surface area contributed by atoms with Crippen molar-refractivity contribution in [2.24, 2.45) is 0 Å². The normalized spacial score (nSPS) is 10.1. The molecule has 3 aromatic rings. The number of hydrogen-bond acceptors (Lipinski definition) is 4. The number of anilines is 2. The SMILES string of the molecule is O=C(Nc1ccc(OCc2ccccc2)cc1)Nc1ccno1. The van der Waals surface area contributed by atoms with Gasteiger partial charge in [-0.3, -0.25) is 5.32 Å². The zero-order chi connectivity index (χ0) is 15.9. The highest BCUT2D eigenvalue weighted by Crippen LogP contribution is 2.17. The summed E-state index contributed by atoms with van der Waals surface area (Å²) in [5, 5.41) is 8.71. The maximum Gasteiger partial charge on any atom is 0.326 e. The maximum absolute atomic E-state index is 11.7. The van der Waals surface area contributed by atoms with Crippen molar-refractivity contribution in [1.29, 1.82) is 0 Å². The van der Waals surface area contributed by atoms with Crippen LogP contribution in [0.1, 0.15) is 5.56 Å². The zero-order valence-electron chi connectivity index (χ0n) is 12.2. The van der Waals surface area contributed by atoms with E-state index in [-0.39, 0.29) is 5.88 Å². The van der Waals surface area contributed by atoms with Crippen LogP contribution in [0.15, 0.2) is 71.4 Å². The standard InChI is InChI=1S/C17H15N3O3/c21-17(20-16-10-11-18-23-16)19-14-6-8-15(9-7-14)22-12-13-4-2-1-3-5-13/h1-11H,12H2,(H2,19,20,21). The number of benzene rings is 2. The van der Waals surface area contributed by atoms with Gasteiger partial charge in [0.2, 0.25) is 5.88 Å². The molecule has 1 aromatic heterocycles. The summed E-state index contributed by atoms with van der Waals surface area (Å²) in [5.41, 5.74) is 1.75. The van der Waals surface area contributed by atoms with Crippen molar-refractivity contribution >= 4 is 17.6 Å². The van der Waals surface area contributed by atoms with Gasteiger partial charge in [0, 0.05) is 11.8 Å². The summed E-state index contributed by atoms with van der Waals surface area (Å²) in [6.07, 6.45) is 1.45. The third-order valence-corrected chi connectivity index (χ3v) is 3.04. The summed E-state index contributed by atoms with van der Waals surface area (Å²) in [6.45, 7) is 0.500. The topological polar surface area (TPSA) is 76.4 Å². The fourth-order valence-corrected chi connectivity index (χ4v) is 1.93. The number of carbonyl (C=O) groups is 1. The first-order chi connectivity index (χ1) is 11.3. The lowest BCUT2D eigenvalue weighted by molar-refractivity contribution is 0.261. The fraction of sp³-hybridized carbons (Fsp3) is 0.0588. The Hall–Kier alpha value is -3.28. The minimum Gasteiger partial charge on any atom is -0.489 e. The van der Waals surface area contributed by atoms with Crippen molar-refractivity contribution in [3.63, 3.8) is 0 Å². The van der Waals surface area contributed by atoms with E-state index in [1.165, 1.54) is 6.20 Å². The molecule has 0 radical (unpaired) electrons. The Morgan fingerprint density at radius 3 is 2.48 bits per heavy atom. The van der Waals surface area contributed by atoms with E-state index in [9.17, 15) is 4.79 Å². The molecule has 2 amide bonds. The van der Waals surface area contributed by atoms with Crippen LogP contribution in [-0.4, -0.2) is 11.2 Å². The van der Waals surface area contributed by atoms with Crippen LogP contribution in [0.4, 0.5) is 16.4 Å². The minimum absolute atomic E-state index is 0.283. The van der Waals surface area contributed by atoms with Gasteiger partial charge in [-0.2, -0.15) is 0 Å². The monoisotopic (exact) mass is 309 g/mol. The Labute approximate surface area is 133 Å². The molecule has 6 nitrogen and oxygen atoms in total. The number of urea groups is 1. The molecule has 6 heteroatoms.